The molecule has 3 aromatic heterocycles. The average molecular weight is 674 g/mol. The maximum atomic E-state index is 12.4. The van der Waals surface area contributed by atoms with Crippen molar-refractivity contribution in [1.29, 1.82) is 0 Å². The Kier molecular flexibility index (Phi) is 11.0. The number of hydrogen-bond acceptors (Lipinski definition) is 14. The molecule has 1 aromatic carbocycles. The van der Waals surface area contributed by atoms with Crippen molar-refractivity contribution in [3.63, 3.8) is 0 Å². The first-order chi connectivity index (χ1) is 22.6. The standard InChI is InChI=1S/C29H39N9O8S/c1-2-3-4-5-6-7-8-9-12-18-15-38(36-34-18)29-32-25(30)22-26(33-29)37(17-31-22)28-24(41)23(40)21(46-28)16-45-47(43,44)35-27(42)19-13-10-11-14-20(19)39/h10-11,13-15,17,21,23-24,28,39-41H,2-9,12,16H2,1H3,(H,35,42)(H2,30,32,33)/t21-,23-,24-,28-/m0/s1. The van der Waals surface area contributed by atoms with Crippen LogP contribution in [0.3, 0.4) is 0 Å². The van der Waals surface area contributed by atoms with Gasteiger partial charge < -0.3 is 25.8 Å². The van der Waals surface area contributed by atoms with E-state index in [4.69, 9.17) is 14.7 Å². The zero-order valence-corrected chi connectivity index (χ0v) is 26.7. The van der Waals surface area contributed by atoms with Gasteiger partial charge in [0, 0.05) is 0 Å². The van der Waals surface area contributed by atoms with Gasteiger partial charge in [0.1, 0.15) is 29.6 Å². The van der Waals surface area contributed by atoms with E-state index >= 15 is 0 Å². The van der Waals surface area contributed by atoms with Gasteiger partial charge in [-0.3, -0.25) is 13.5 Å². The normalized spacial score (nSPS) is 19.8. The van der Waals surface area contributed by atoms with Gasteiger partial charge in [0.25, 0.3) is 11.9 Å². The molecule has 0 saturated carbocycles. The maximum absolute atomic E-state index is 12.4. The first-order valence-electron chi connectivity index (χ1n) is 15.5. The van der Waals surface area contributed by atoms with Crippen molar-refractivity contribution in [3.05, 3.63) is 48.0 Å². The van der Waals surface area contributed by atoms with Crippen LogP contribution in [0.4, 0.5) is 5.82 Å². The summed E-state index contributed by atoms with van der Waals surface area (Å²) in [5, 5.41) is 39.6. The molecule has 4 aromatic rings. The third-order valence-electron chi connectivity index (χ3n) is 7.83. The van der Waals surface area contributed by atoms with Gasteiger partial charge in [-0.2, -0.15) is 23.1 Å². The summed E-state index contributed by atoms with van der Waals surface area (Å²) >= 11 is 0. The van der Waals surface area contributed by atoms with E-state index in [1.54, 1.807) is 10.9 Å². The van der Waals surface area contributed by atoms with Gasteiger partial charge in [-0.1, -0.05) is 69.2 Å². The number of hydrogen-bond donors (Lipinski definition) is 5. The van der Waals surface area contributed by atoms with E-state index in [-0.39, 0.29) is 28.5 Å². The van der Waals surface area contributed by atoms with Gasteiger partial charge >= 0.3 is 10.3 Å². The van der Waals surface area contributed by atoms with E-state index < -0.39 is 53.1 Å². The number of aliphatic hydroxyl groups excluding tert-OH is 2. The highest BCUT2D eigenvalue weighted by Crippen LogP contribution is 2.33. The zero-order chi connectivity index (χ0) is 33.6. The lowest BCUT2D eigenvalue weighted by Gasteiger charge is -2.16. The van der Waals surface area contributed by atoms with E-state index in [0.29, 0.717) is 0 Å². The van der Waals surface area contributed by atoms with Crippen LogP contribution in [-0.2, 0) is 25.6 Å². The summed E-state index contributed by atoms with van der Waals surface area (Å²) in [5.74, 6) is -1.42. The van der Waals surface area contributed by atoms with Crippen molar-refractivity contribution < 1.29 is 37.5 Å². The molecular formula is C29H39N9O8S. The first-order valence-corrected chi connectivity index (χ1v) is 16.9. The Bertz CT molecular complexity index is 1780. The predicted molar refractivity (Wildman–Crippen MR) is 167 cm³/mol. The molecule has 5 rings (SSSR count). The molecule has 0 unspecified atom stereocenters. The lowest BCUT2D eigenvalue weighted by molar-refractivity contribution is -0.0468. The number of unbranched alkanes of at least 4 members (excludes halogenated alkanes) is 7. The molecule has 18 heteroatoms. The molecule has 1 saturated heterocycles. The number of aromatic hydroxyl groups is 1. The van der Waals surface area contributed by atoms with Crippen LogP contribution in [-0.4, -0.2) is 89.1 Å². The van der Waals surface area contributed by atoms with Crippen molar-refractivity contribution in [2.24, 2.45) is 0 Å². The average Bonchev–Trinajstić information content (AvgIpc) is 3.76. The molecule has 0 radical (unpaired) electrons. The van der Waals surface area contributed by atoms with Crippen LogP contribution >= 0.6 is 0 Å². The minimum atomic E-state index is -4.69. The fourth-order valence-electron chi connectivity index (χ4n) is 5.28. The van der Waals surface area contributed by atoms with Crippen molar-refractivity contribution in [3.8, 4) is 11.7 Å². The lowest BCUT2D eigenvalue weighted by atomic mass is 10.1. The second-order valence-corrected chi connectivity index (χ2v) is 12.7. The molecule has 4 atom stereocenters. The van der Waals surface area contributed by atoms with Crippen molar-refractivity contribution >= 4 is 33.2 Å². The molecule has 1 amide bonds. The number of carbonyl (C=O) groups excluding carboxylic acids is 1. The number of ether oxygens (including phenoxy) is 1. The highest BCUT2D eigenvalue weighted by molar-refractivity contribution is 7.85. The van der Waals surface area contributed by atoms with Gasteiger partial charge in [-0.25, -0.2) is 9.71 Å². The Labute approximate surface area is 271 Å². The Morgan fingerprint density at radius 1 is 1.06 bits per heavy atom. The number of nitrogen functional groups attached to an aromatic ring is 1. The summed E-state index contributed by atoms with van der Waals surface area (Å²) < 4.78 is 39.8. The fraction of sp³-hybridized carbons (Fsp3) is 0.517. The third kappa shape index (κ3) is 8.20. The highest BCUT2D eigenvalue weighted by Gasteiger charge is 2.45. The Hall–Kier alpha value is -4.23. The number of rotatable bonds is 16. The minimum absolute atomic E-state index is 0.0306. The number of nitrogens with two attached hydrogens (primary N) is 1. The van der Waals surface area contributed by atoms with Crippen LogP contribution in [0.5, 0.6) is 5.75 Å². The number of phenols is 1. The Morgan fingerprint density at radius 2 is 1.79 bits per heavy atom. The summed E-state index contributed by atoms with van der Waals surface area (Å²) in [7, 11) is -4.69. The van der Waals surface area contributed by atoms with Crippen molar-refractivity contribution in [2.45, 2.75) is 89.3 Å². The summed E-state index contributed by atoms with van der Waals surface area (Å²) in [5.41, 5.74) is 7.02. The summed E-state index contributed by atoms with van der Waals surface area (Å²) in [6.45, 7) is 1.45. The summed E-state index contributed by atoms with van der Waals surface area (Å²) in [6, 6.07) is 5.35. The number of phenolic OH excluding ortho intramolecular Hbond substituents is 1. The Morgan fingerprint density at radius 3 is 2.53 bits per heavy atom. The largest absolute Gasteiger partial charge is 0.507 e. The highest BCUT2D eigenvalue weighted by atomic mass is 32.2. The summed E-state index contributed by atoms with van der Waals surface area (Å²) in [6.07, 6.45) is 7.59. The topological polar surface area (TPSA) is 243 Å². The van der Waals surface area contributed by atoms with E-state index in [9.17, 15) is 28.5 Å². The van der Waals surface area contributed by atoms with Crippen LogP contribution in [0.15, 0.2) is 36.8 Å². The van der Waals surface area contributed by atoms with Crippen LogP contribution in [0.2, 0.25) is 0 Å². The van der Waals surface area contributed by atoms with Crippen LogP contribution in [0.25, 0.3) is 17.1 Å². The second-order valence-electron chi connectivity index (χ2n) is 11.3. The quantitative estimate of drug-likeness (QED) is 0.106. The molecule has 254 valence electrons. The van der Waals surface area contributed by atoms with Gasteiger partial charge in [0.05, 0.1) is 30.4 Å². The van der Waals surface area contributed by atoms with E-state index in [1.165, 1.54) is 78.4 Å². The zero-order valence-electron chi connectivity index (χ0n) is 25.8. The number of carbonyl (C=O) groups is 1. The van der Waals surface area contributed by atoms with Gasteiger partial charge in [0.15, 0.2) is 17.7 Å². The molecule has 0 aliphatic carbocycles. The van der Waals surface area contributed by atoms with E-state index in [1.807, 2.05) is 0 Å². The van der Waals surface area contributed by atoms with Crippen molar-refractivity contribution in [1.82, 2.24) is 39.2 Å². The monoisotopic (exact) mass is 673 g/mol. The van der Waals surface area contributed by atoms with E-state index in [2.05, 4.69) is 32.2 Å². The molecule has 1 aliphatic heterocycles. The number of aliphatic hydroxyl groups is 2. The molecule has 0 bridgehead atoms. The third-order valence-corrected chi connectivity index (χ3v) is 8.72. The molecule has 1 aliphatic rings. The molecule has 17 nitrogen and oxygen atoms in total. The SMILES string of the molecule is CCCCCCCCCCc1cn(-c2nc(N)c3ncn([C@H]4O[C@@H](COS(=O)(=O)NC(=O)c5ccccc5O)[C@H](O)[C@@H]4O)c3n2)nn1. The maximum Gasteiger partial charge on any atom is 0.362 e. The number of imidazole rings is 1. The van der Waals surface area contributed by atoms with Crippen LogP contribution in [0.1, 0.15) is 80.6 Å². The molecule has 47 heavy (non-hydrogen) atoms. The minimum Gasteiger partial charge on any atom is -0.507 e. The number of aryl methyl sites for hydroxylation is 1. The van der Waals surface area contributed by atoms with Gasteiger partial charge in [-0.15, -0.1) is 5.10 Å². The fourth-order valence-corrected chi connectivity index (χ4v) is 5.99. The van der Waals surface area contributed by atoms with Crippen molar-refractivity contribution in [2.75, 3.05) is 12.3 Å². The molecular weight excluding hydrogens is 634 g/mol. The number of benzene rings is 1. The van der Waals surface area contributed by atoms with Crippen LogP contribution < -0.4 is 10.5 Å². The number of para-hydroxylation sites is 1. The second kappa shape index (κ2) is 15.1. The number of amides is 1. The summed E-state index contributed by atoms with van der Waals surface area (Å²) in [4.78, 5) is 25.3. The number of aromatic nitrogens is 7. The smallest absolute Gasteiger partial charge is 0.362 e. The molecule has 0 spiro atoms. The van der Waals surface area contributed by atoms with Crippen LogP contribution in [0, 0.1) is 0 Å². The molecule has 6 N–H and O–H groups in total. The Balaban J connectivity index is 1.22. The number of nitrogens with one attached hydrogen (secondary N) is 1. The first kappa shape index (κ1) is 34.1. The number of nitrogens with zero attached hydrogens (tertiary/aromatic N) is 7. The molecule has 1 fully saturated rings. The number of fused-ring (bicyclic) bond motifs is 1. The van der Waals surface area contributed by atoms with E-state index in [0.717, 1.165) is 25.0 Å². The predicted octanol–water partition coefficient (Wildman–Crippen LogP) is 1.69. The van der Waals surface area contributed by atoms with Gasteiger partial charge in [0.2, 0.25) is 0 Å². The number of anilines is 1. The lowest BCUT2D eigenvalue weighted by Crippen LogP contribution is -2.37. The van der Waals surface area contributed by atoms with Gasteiger partial charge in [-0.05, 0) is 25.0 Å². The molecule has 4 heterocycles.